The Hall–Kier alpha value is -2.53. The number of benzene rings is 2. The van der Waals surface area contributed by atoms with E-state index in [1.807, 2.05) is 57.2 Å². The Morgan fingerprint density at radius 3 is 2.50 bits per heavy atom. The first-order chi connectivity index (χ1) is 12.3. The standard InChI is InChI=1S/C21H22N2O2S/c1-21(2,3)18(24)20-23-16-10-9-15(13-17(16)26-20)19(25)22-12-11-14-7-5-4-6-8-14/h4-10,13H,11-12H2,1-3H3,(H,22,25). The van der Waals surface area contributed by atoms with E-state index in [-0.39, 0.29) is 11.7 Å². The van der Waals surface area contributed by atoms with Crippen molar-refractivity contribution in [2.24, 2.45) is 5.41 Å². The van der Waals surface area contributed by atoms with Crippen LogP contribution in [0.15, 0.2) is 48.5 Å². The Morgan fingerprint density at radius 2 is 1.81 bits per heavy atom. The largest absolute Gasteiger partial charge is 0.352 e. The first-order valence-electron chi connectivity index (χ1n) is 8.62. The van der Waals surface area contributed by atoms with Crippen LogP contribution in [0.4, 0.5) is 0 Å². The van der Waals surface area contributed by atoms with Crippen LogP contribution >= 0.6 is 11.3 Å². The Balaban J connectivity index is 1.70. The fourth-order valence-corrected chi connectivity index (χ4v) is 3.71. The van der Waals surface area contributed by atoms with Crippen molar-refractivity contribution >= 4 is 33.2 Å². The van der Waals surface area contributed by atoms with Gasteiger partial charge in [0.1, 0.15) is 0 Å². The molecular weight excluding hydrogens is 344 g/mol. The Labute approximate surface area is 157 Å². The number of amides is 1. The predicted octanol–water partition coefficient (Wildman–Crippen LogP) is 4.50. The zero-order chi connectivity index (χ0) is 18.7. The molecule has 0 fully saturated rings. The molecule has 5 heteroatoms. The van der Waals surface area contributed by atoms with Crippen molar-refractivity contribution in [2.75, 3.05) is 6.54 Å². The average molecular weight is 366 g/mol. The van der Waals surface area contributed by atoms with Crippen LogP contribution in [0.2, 0.25) is 0 Å². The van der Waals surface area contributed by atoms with Gasteiger partial charge in [-0.05, 0) is 30.2 Å². The van der Waals surface area contributed by atoms with Crippen LogP contribution in [-0.2, 0) is 6.42 Å². The molecule has 0 spiro atoms. The maximum atomic E-state index is 12.4. The molecule has 1 amide bonds. The number of nitrogens with one attached hydrogen (secondary N) is 1. The average Bonchev–Trinajstić information content (AvgIpc) is 3.04. The number of hydrogen-bond donors (Lipinski definition) is 1. The molecule has 26 heavy (non-hydrogen) atoms. The minimum Gasteiger partial charge on any atom is -0.352 e. The monoisotopic (exact) mass is 366 g/mol. The minimum absolute atomic E-state index is 0.0209. The number of ketones is 1. The number of carbonyl (C=O) groups is 2. The van der Waals surface area contributed by atoms with Gasteiger partial charge in [0.2, 0.25) is 0 Å². The summed E-state index contributed by atoms with van der Waals surface area (Å²) >= 11 is 1.34. The number of aromatic nitrogens is 1. The van der Waals surface area contributed by atoms with E-state index in [0.717, 1.165) is 16.6 Å². The van der Waals surface area contributed by atoms with Crippen molar-refractivity contribution in [3.63, 3.8) is 0 Å². The molecule has 4 nitrogen and oxygen atoms in total. The van der Waals surface area contributed by atoms with Crippen molar-refractivity contribution in [3.8, 4) is 0 Å². The molecule has 0 aliphatic heterocycles. The van der Waals surface area contributed by atoms with E-state index < -0.39 is 5.41 Å². The first-order valence-corrected chi connectivity index (χ1v) is 9.44. The lowest BCUT2D eigenvalue weighted by Gasteiger charge is -2.13. The topological polar surface area (TPSA) is 59.1 Å². The van der Waals surface area contributed by atoms with Gasteiger partial charge in [0.05, 0.1) is 10.2 Å². The summed E-state index contributed by atoms with van der Waals surface area (Å²) in [5, 5.41) is 3.44. The van der Waals surface area contributed by atoms with E-state index >= 15 is 0 Å². The third-order valence-corrected chi connectivity index (χ3v) is 5.09. The normalized spacial score (nSPS) is 11.5. The maximum absolute atomic E-state index is 12.4. The van der Waals surface area contributed by atoms with Crippen LogP contribution in [0.25, 0.3) is 10.2 Å². The predicted molar refractivity (Wildman–Crippen MR) is 106 cm³/mol. The summed E-state index contributed by atoms with van der Waals surface area (Å²) in [6.07, 6.45) is 0.791. The van der Waals surface area contributed by atoms with Crippen molar-refractivity contribution in [1.29, 1.82) is 0 Å². The van der Waals surface area contributed by atoms with Gasteiger partial charge in [-0.15, -0.1) is 11.3 Å². The van der Waals surface area contributed by atoms with E-state index in [9.17, 15) is 9.59 Å². The summed E-state index contributed by atoms with van der Waals surface area (Å²) in [5.74, 6) is -0.0903. The van der Waals surface area contributed by atoms with Crippen LogP contribution in [0, 0.1) is 5.41 Å². The lowest BCUT2D eigenvalue weighted by atomic mass is 9.91. The second-order valence-corrected chi connectivity index (χ2v) is 8.30. The highest BCUT2D eigenvalue weighted by molar-refractivity contribution is 7.20. The van der Waals surface area contributed by atoms with Gasteiger partial charge in [-0.1, -0.05) is 51.1 Å². The number of fused-ring (bicyclic) bond motifs is 1. The van der Waals surface area contributed by atoms with Gasteiger partial charge < -0.3 is 5.32 Å². The van der Waals surface area contributed by atoms with Crippen LogP contribution in [0.5, 0.6) is 0 Å². The van der Waals surface area contributed by atoms with E-state index in [2.05, 4.69) is 10.3 Å². The van der Waals surface area contributed by atoms with Crippen LogP contribution in [-0.4, -0.2) is 23.2 Å². The fraction of sp³-hybridized carbons (Fsp3) is 0.286. The molecule has 3 aromatic rings. The molecule has 0 saturated heterocycles. The molecule has 0 radical (unpaired) electrons. The number of nitrogens with zero attached hydrogens (tertiary/aromatic N) is 1. The van der Waals surface area contributed by atoms with Gasteiger partial charge in [0.15, 0.2) is 10.8 Å². The van der Waals surface area contributed by atoms with Crippen molar-refractivity contribution in [3.05, 3.63) is 64.7 Å². The zero-order valence-corrected chi connectivity index (χ0v) is 16.0. The highest BCUT2D eigenvalue weighted by Crippen LogP contribution is 2.28. The highest BCUT2D eigenvalue weighted by Gasteiger charge is 2.26. The van der Waals surface area contributed by atoms with Gasteiger partial charge in [-0.2, -0.15) is 0 Å². The highest BCUT2D eigenvalue weighted by atomic mass is 32.1. The first kappa shape index (κ1) is 18.3. The molecule has 1 N–H and O–H groups in total. The summed E-state index contributed by atoms with van der Waals surface area (Å²) in [4.78, 5) is 29.2. The quantitative estimate of drug-likeness (QED) is 0.677. The summed E-state index contributed by atoms with van der Waals surface area (Å²) in [7, 11) is 0. The summed E-state index contributed by atoms with van der Waals surface area (Å²) in [5.41, 5.74) is 2.06. The van der Waals surface area contributed by atoms with Crippen LogP contribution in [0.3, 0.4) is 0 Å². The molecule has 134 valence electrons. The van der Waals surface area contributed by atoms with E-state index in [1.165, 1.54) is 16.9 Å². The van der Waals surface area contributed by atoms with Crippen molar-refractivity contribution in [2.45, 2.75) is 27.2 Å². The van der Waals surface area contributed by atoms with Gasteiger partial charge in [0.25, 0.3) is 5.91 Å². The lowest BCUT2D eigenvalue weighted by Crippen LogP contribution is -2.25. The molecule has 3 rings (SSSR count). The Morgan fingerprint density at radius 1 is 1.08 bits per heavy atom. The Kier molecular flexibility index (Phi) is 5.18. The van der Waals surface area contributed by atoms with Gasteiger partial charge in [-0.25, -0.2) is 4.98 Å². The number of carbonyl (C=O) groups excluding carboxylic acids is 2. The second-order valence-electron chi connectivity index (χ2n) is 7.27. The van der Waals surface area contributed by atoms with Crippen molar-refractivity contribution < 1.29 is 9.59 Å². The second kappa shape index (κ2) is 7.38. The molecule has 0 aliphatic rings. The molecule has 0 aliphatic carbocycles. The zero-order valence-electron chi connectivity index (χ0n) is 15.2. The Bertz CT molecular complexity index is 940. The minimum atomic E-state index is -0.467. The summed E-state index contributed by atoms with van der Waals surface area (Å²) in [6.45, 7) is 6.23. The molecular formula is C21H22N2O2S. The van der Waals surface area contributed by atoms with E-state index in [4.69, 9.17) is 0 Å². The molecule has 0 saturated carbocycles. The van der Waals surface area contributed by atoms with Crippen molar-refractivity contribution in [1.82, 2.24) is 10.3 Å². The summed E-state index contributed by atoms with van der Waals surface area (Å²) < 4.78 is 0.855. The molecule has 0 bridgehead atoms. The van der Waals surface area contributed by atoms with E-state index in [1.54, 1.807) is 12.1 Å². The van der Waals surface area contributed by atoms with Crippen LogP contribution in [0.1, 0.15) is 46.5 Å². The number of thiazole rings is 1. The number of rotatable bonds is 5. The SMILES string of the molecule is CC(C)(C)C(=O)c1nc2ccc(C(=O)NCCc3ccccc3)cc2s1. The van der Waals surface area contributed by atoms with Gasteiger partial charge in [0, 0.05) is 17.5 Å². The number of hydrogen-bond acceptors (Lipinski definition) is 4. The molecule has 1 heterocycles. The molecule has 0 atom stereocenters. The van der Waals surface area contributed by atoms with Gasteiger partial charge >= 0.3 is 0 Å². The molecule has 2 aromatic carbocycles. The third-order valence-electron chi connectivity index (χ3n) is 4.07. The summed E-state index contributed by atoms with van der Waals surface area (Å²) in [6, 6.07) is 15.4. The fourth-order valence-electron chi connectivity index (χ4n) is 2.55. The molecule has 1 aromatic heterocycles. The van der Waals surface area contributed by atoms with E-state index in [0.29, 0.717) is 17.1 Å². The molecule has 0 unspecified atom stereocenters. The van der Waals surface area contributed by atoms with Crippen LogP contribution < -0.4 is 5.32 Å². The number of Topliss-reactive ketones (excluding diaryl/α,β-unsaturated/α-hetero) is 1. The maximum Gasteiger partial charge on any atom is 0.251 e. The lowest BCUT2D eigenvalue weighted by molar-refractivity contribution is 0.0857. The van der Waals surface area contributed by atoms with Gasteiger partial charge in [-0.3, -0.25) is 9.59 Å². The third kappa shape index (κ3) is 4.17. The smallest absolute Gasteiger partial charge is 0.251 e.